The molecule has 1 unspecified atom stereocenters. The molecule has 1 heterocycles. The number of nitrogens with zero attached hydrogens (tertiary/aromatic N) is 1. The first-order chi connectivity index (χ1) is 9.60. The van der Waals surface area contributed by atoms with Crippen LogP contribution in [0, 0.1) is 11.7 Å². The van der Waals surface area contributed by atoms with Crippen molar-refractivity contribution in [1.29, 1.82) is 0 Å². The molecule has 0 aliphatic rings. The first-order valence-electron chi connectivity index (χ1n) is 7.02. The summed E-state index contributed by atoms with van der Waals surface area (Å²) in [6, 6.07) is 6.99. The van der Waals surface area contributed by atoms with Gasteiger partial charge in [-0.15, -0.1) is 11.3 Å². The number of thiazole rings is 1. The lowest BCUT2D eigenvalue weighted by Gasteiger charge is -2.22. The SMILES string of the molecule is CCc1ncc(CNC(c2ccc(F)cc2)C(C)C)s1. The number of nitrogens with one attached hydrogen (secondary N) is 1. The number of hydrogen-bond acceptors (Lipinski definition) is 3. The van der Waals surface area contributed by atoms with Gasteiger partial charge in [-0.1, -0.05) is 32.9 Å². The average Bonchev–Trinajstić information content (AvgIpc) is 2.88. The summed E-state index contributed by atoms with van der Waals surface area (Å²) in [5.41, 5.74) is 1.13. The van der Waals surface area contributed by atoms with Gasteiger partial charge >= 0.3 is 0 Å². The van der Waals surface area contributed by atoms with Crippen LogP contribution in [0.2, 0.25) is 0 Å². The lowest BCUT2D eigenvalue weighted by atomic mass is 9.96. The van der Waals surface area contributed by atoms with Crippen LogP contribution in [0.3, 0.4) is 0 Å². The lowest BCUT2D eigenvalue weighted by Crippen LogP contribution is -2.25. The molecular weight excluding hydrogens is 271 g/mol. The van der Waals surface area contributed by atoms with Crippen molar-refractivity contribution in [3.05, 3.63) is 51.7 Å². The summed E-state index contributed by atoms with van der Waals surface area (Å²) in [6.45, 7) is 7.26. The summed E-state index contributed by atoms with van der Waals surface area (Å²) in [7, 11) is 0. The van der Waals surface area contributed by atoms with E-state index < -0.39 is 0 Å². The van der Waals surface area contributed by atoms with Gasteiger partial charge in [-0.25, -0.2) is 9.37 Å². The van der Waals surface area contributed by atoms with Crippen LogP contribution >= 0.6 is 11.3 Å². The highest BCUT2D eigenvalue weighted by Crippen LogP contribution is 2.23. The molecule has 1 aromatic heterocycles. The molecule has 2 aromatic rings. The summed E-state index contributed by atoms with van der Waals surface area (Å²) >= 11 is 1.75. The molecule has 2 rings (SSSR count). The summed E-state index contributed by atoms with van der Waals surface area (Å²) in [4.78, 5) is 5.62. The minimum Gasteiger partial charge on any atom is -0.305 e. The van der Waals surface area contributed by atoms with Gasteiger partial charge in [-0.05, 0) is 30.0 Å². The maximum Gasteiger partial charge on any atom is 0.123 e. The number of hydrogen-bond donors (Lipinski definition) is 1. The van der Waals surface area contributed by atoms with Crippen LogP contribution in [-0.4, -0.2) is 4.98 Å². The molecular formula is C16H21FN2S. The molecule has 0 fully saturated rings. The smallest absolute Gasteiger partial charge is 0.123 e. The molecule has 108 valence electrons. The van der Waals surface area contributed by atoms with Crippen LogP contribution < -0.4 is 5.32 Å². The fraction of sp³-hybridized carbons (Fsp3) is 0.438. The summed E-state index contributed by atoms with van der Waals surface area (Å²) < 4.78 is 13.0. The van der Waals surface area contributed by atoms with Crippen molar-refractivity contribution in [3.8, 4) is 0 Å². The van der Waals surface area contributed by atoms with Crippen molar-refractivity contribution in [3.63, 3.8) is 0 Å². The molecule has 2 nitrogen and oxygen atoms in total. The van der Waals surface area contributed by atoms with Crippen LogP contribution in [0.15, 0.2) is 30.5 Å². The van der Waals surface area contributed by atoms with Crippen LogP contribution in [0.5, 0.6) is 0 Å². The second kappa shape index (κ2) is 6.95. The molecule has 0 spiro atoms. The van der Waals surface area contributed by atoms with E-state index in [0.29, 0.717) is 5.92 Å². The van der Waals surface area contributed by atoms with Crippen LogP contribution in [0.4, 0.5) is 4.39 Å². The topological polar surface area (TPSA) is 24.9 Å². The van der Waals surface area contributed by atoms with E-state index in [0.717, 1.165) is 18.5 Å². The standard InChI is InChI=1S/C16H21FN2S/c1-4-15-18-9-14(20-15)10-19-16(11(2)3)12-5-7-13(17)8-6-12/h5-9,11,16,19H,4,10H2,1-3H3. The highest BCUT2D eigenvalue weighted by atomic mass is 32.1. The number of aryl methyl sites for hydroxylation is 1. The molecule has 0 amide bonds. The van der Waals surface area contributed by atoms with Gasteiger partial charge in [0.15, 0.2) is 0 Å². The van der Waals surface area contributed by atoms with Crippen LogP contribution in [0.25, 0.3) is 0 Å². The van der Waals surface area contributed by atoms with Crippen molar-refractivity contribution < 1.29 is 4.39 Å². The first-order valence-corrected chi connectivity index (χ1v) is 7.84. The van der Waals surface area contributed by atoms with Crippen molar-refractivity contribution in [2.24, 2.45) is 5.92 Å². The Morgan fingerprint density at radius 1 is 1.25 bits per heavy atom. The van der Waals surface area contributed by atoms with Gasteiger partial charge in [-0.3, -0.25) is 0 Å². The van der Waals surface area contributed by atoms with E-state index in [9.17, 15) is 4.39 Å². The largest absolute Gasteiger partial charge is 0.305 e. The van der Waals surface area contributed by atoms with E-state index in [2.05, 4.69) is 31.1 Å². The van der Waals surface area contributed by atoms with Gasteiger partial charge < -0.3 is 5.32 Å². The van der Waals surface area contributed by atoms with E-state index >= 15 is 0 Å². The fourth-order valence-electron chi connectivity index (χ4n) is 2.21. The predicted octanol–water partition coefficient (Wildman–Crippen LogP) is 4.33. The van der Waals surface area contributed by atoms with E-state index in [4.69, 9.17) is 0 Å². The van der Waals surface area contributed by atoms with Crippen molar-refractivity contribution in [2.75, 3.05) is 0 Å². The van der Waals surface area contributed by atoms with E-state index in [1.54, 1.807) is 11.3 Å². The summed E-state index contributed by atoms with van der Waals surface area (Å²) in [5.74, 6) is 0.255. The molecule has 1 aromatic carbocycles. The van der Waals surface area contributed by atoms with Crippen molar-refractivity contribution >= 4 is 11.3 Å². The number of rotatable bonds is 6. The zero-order valence-corrected chi connectivity index (χ0v) is 13.0. The fourth-order valence-corrected chi connectivity index (χ4v) is 3.03. The maximum absolute atomic E-state index is 13.0. The van der Waals surface area contributed by atoms with E-state index in [1.165, 1.54) is 22.0 Å². The zero-order valence-electron chi connectivity index (χ0n) is 12.2. The molecule has 0 aliphatic heterocycles. The quantitative estimate of drug-likeness (QED) is 0.857. The van der Waals surface area contributed by atoms with Gasteiger partial charge in [-0.2, -0.15) is 0 Å². The minimum absolute atomic E-state index is 0.189. The molecule has 4 heteroatoms. The molecule has 0 radical (unpaired) electrons. The monoisotopic (exact) mass is 292 g/mol. The van der Waals surface area contributed by atoms with Gasteiger partial charge in [0.1, 0.15) is 5.82 Å². The third kappa shape index (κ3) is 3.87. The molecule has 0 saturated heterocycles. The van der Waals surface area contributed by atoms with Crippen LogP contribution in [-0.2, 0) is 13.0 Å². The van der Waals surface area contributed by atoms with E-state index in [-0.39, 0.29) is 11.9 Å². The molecule has 0 aliphatic carbocycles. The summed E-state index contributed by atoms with van der Waals surface area (Å²) in [6.07, 6.45) is 2.93. The predicted molar refractivity (Wildman–Crippen MR) is 82.3 cm³/mol. The Morgan fingerprint density at radius 2 is 1.95 bits per heavy atom. The maximum atomic E-state index is 13.0. The normalized spacial score (nSPS) is 12.8. The van der Waals surface area contributed by atoms with Gasteiger partial charge in [0.25, 0.3) is 0 Å². The average molecular weight is 292 g/mol. The molecule has 0 saturated carbocycles. The number of benzene rings is 1. The summed E-state index contributed by atoms with van der Waals surface area (Å²) in [5, 5.41) is 4.73. The molecule has 1 atom stereocenters. The molecule has 0 bridgehead atoms. The number of aromatic nitrogens is 1. The van der Waals surface area contributed by atoms with Gasteiger partial charge in [0.2, 0.25) is 0 Å². The third-order valence-electron chi connectivity index (χ3n) is 3.30. The minimum atomic E-state index is -0.189. The van der Waals surface area contributed by atoms with Crippen molar-refractivity contribution in [1.82, 2.24) is 10.3 Å². The Hall–Kier alpha value is -1.26. The highest BCUT2D eigenvalue weighted by molar-refractivity contribution is 7.11. The second-order valence-corrected chi connectivity index (χ2v) is 6.43. The lowest BCUT2D eigenvalue weighted by molar-refractivity contribution is 0.411. The van der Waals surface area contributed by atoms with Gasteiger partial charge in [0, 0.05) is 23.7 Å². The molecule has 1 N–H and O–H groups in total. The van der Waals surface area contributed by atoms with Gasteiger partial charge in [0.05, 0.1) is 5.01 Å². The van der Waals surface area contributed by atoms with Crippen LogP contribution in [0.1, 0.15) is 42.3 Å². The Bertz CT molecular complexity index is 534. The Labute approximate surface area is 124 Å². The van der Waals surface area contributed by atoms with Crippen molar-refractivity contribution in [2.45, 2.75) is 39.8 Å². The Balaban J connectivity index is 2.04. The zero-order chi connectivity index (χ0) is 14.5. The highest BCUT2D eigenvalue weighted by Gasteiger charge is 2.15. The Kier molecular flexibility index (Phi) is 5.26. The second-order valence-electron chi connectivity index (χ2n) is 5.23. The van der Waals surface area contributed by atoms with E-state index in [1.807, 2.05) is 18.3 Å². The first kappa shape index (κ1) is 15.1. The third-order valence-corrected chi connectivity index (χ3v) is 4.44. The number of halogens is 1. The molecule has 20 heavy (non-hydrogen) atoms. The Morgan fingerprint density at radius 3 is 2.50 bits per heavy atom.